The Hall–Kier alpha value is -3.31. The van der Waals surface area contributed by atoms with Crippen LogP contribution in [0.25, 0.3) is 11.0 Å². The summed E-state index contributed by atoms with van der Waals surface area (Å²) in [5, 5.41) is 3.60. The normalized spacial score (nSPS) is 12.9. The number of hydrogen-bond acceptors (Lipinski definition) is 3. The van der Waals surface area contributed by atoms with Crippen molar-refractivity contribution in [3.63, 3.8) is 0 Å². The summed E-state index contributed by atoms with van der Waals surface area (Å²) >= 11 is 6.06. The van der Waals surface area contributed by atoms with Crippen LogP contribution < -0.4 is 10.1 Å². The maximum absolute atomic E-state index is 12.8. The number of carbonyl (C=O) groups is 1. The molecule has 0 aliphatic heterocycles. The van der Waals surface area contributed by atoms with E-state index in [0.717, 1.165) is 42.0 Å². The van der Waals surface area contributed by atoms with Crippen LogP contribution in [-0.4, -0.2) is 22.1 Å². The summed E-state index contributed by atoms with van der Waals surface area (Å²) in [5.74, 6) is 2.08. The molecule has 1 N–H and O–H groups in total. The standard InChI is InChI=1S/C29H32ClN3O2/c1-4-20(2)22-13-15-25(16-14-22)35-18-8-17-33-27-12-6-5-11-26(27)32-28(33)21(3)31-29(34)23-9-7-10-24(30)19-23/h5-7,9-16,19-21H,4,8,17-18H2,1-3H3,(H,31,34). The Morgan fingerprint density at radius 3 is 2.57 bits per heavy atom. The second-order valence-electron chi connectivity index (χ2n) is 8.90. The van der Waals surface area contributed by atoms with Gasteiger partial charge >= 0.3 is 0 Å². The summed E-state index contributed by atoms with van der Waals surface area (Å²) < 4.78 is 8.18. The van der Waals surface area contributed by atoms with Gasteiger partial charge in [0, 0.05) is 17.1 Å². The number of benzene rings is 3. The van der Waals surface area contributed by atoms with E-state index in [9.17, 15) is 4.79 Å². The predicted molar refractivity (Wildman–Crippen MR) is 142 cm³/mol. The number of nitrogens with one attached hydrogen (secondary N) is 1. The number of aromatic nitrogens is 2. The number of halogens is 1. The lowest BCUT2D eigenvalue weighted by atomic mass is 9.99. The Kier molecular flexibility index (Phi) is 8.09. The lowest BCUT2D eigenvalue weighted by molar-refractivity contribution is 0.0937. The molecule has 4 aromatic rings. The van der Waals surface area contributed by atoms with Crippen molar-refractivity contribution >= 4 is 28.5 Å². The summed E-state index contributed by atoms with van der Waals surface area (Å²) in [6.07, 6.45) is 1.94. The van der Waals surface area contributed by atoms with Crippen LogP contribution in [0.5, 0.6) is 5.75 Å². The minimum absolute atomic E-state index is 0.178. The van der Waals surface area contributed by atoms with Gasteiger partial charge in [-0.25, -0.2) is 4.98 Å². The summed E-state index contributed by atoms with van der Waals surface area (Å²) in [6, 6.07) is 23.1. The third kappa shape index (κ3) is 6.04. The van der Waals surface area contributed by atoms with Crippen molar-refractivity contribution in [2.24, 2.45) is 0 Å². The molecular weight excluding hydrogens is 458 g/mol. The van der Waals surface area contributed by atoms with Gasteiger partial charge in [-0.3, -0.25) is 4.79 Å². The highest BCUT2D eigenvalue weighted by Crippen LogP contribution is 2.23. The third-order valence-corrected chi connectivity index (χ3v) is 6.60. The van der Waals surface area contributed by atoms with Crippen molar-refractivity contribution in [3.8, 4) is 5.75 Å². The molecule has 3 aromatic carbocycles. The number of rotatable bonds is 10. The molecule has 0 saturated heterocycles. The van der Waals surface area contributed by atoms with E-state index >= 15 is 0 Å². The van der Waals surface area contributed by atoms with Crippen LogP contribution in [0.3, 0.4) is 0 Å². The topological polar surface area (TPSA) is 56.1 Å². The molecule has 1 amide bonds. The van der Waals surface area contributed by atoms with Crippen LogP contribution in [0, 0.1) is 0 Å². The van der Waals surface area contributed by atoms with E-state index in [2.05, 4.69) is 41.9 Å². The van der Waals surface area contributed by atoms with Crippen molar-refractivity contribution in [2.45, 2.75) is 52.1 Å². The van der Waals surface area contributed by atoms with Crippen LogP contribution in [0.4, 0.5) is 0 Å². The molecule has 6 heteroatoms. The fourth-order valence-electron chi connectivity index (χ4n) is 4.17. The molecule has 5 nitrogen and oxygen atoms in total. The van der Waals surface area contributed by atoms with E-state index in [1.807, 2.05) is 37.3 Å². The van der Waals surface area contributed by atoms with Crippen LogP contribution in [0.2, 0.25) is 5.02 Å². The molecule has 0 saturated carbocycles. The Balaban J connectivity index is 1.43. The average Bonchev–Trinajstić information content (AvgIpc) is 3.25. The number of para-hydroxylation sites is 2. The monoisotopic (exact) mass is 489 g/mol. The molecule has 182 valence electrons. The van der Waals surface area contributed by atoms with Crippen LogP contribution >= 0.6 is 11.6 Å². The van der Waals surface area contributed by atoms with E-state index in [-0.39, 0.29) is 11.9 Å². The fourth-order valence-corrected chi connectivity index (χ4v) is 4.37. The fraction of sp³-hybridized carbons (Fsp3) is 0.310. The summed E-state index contributed by atoms with van der Waals surface area (Å²) in [6.45, 7) is 7.72. The Morgan fingerprint density at radius 2 is 1.83 bits per heavy atom. The minimum Gasteiger partial charge on any atom is -0.494 e. The number of ether oxygens (including phenoxy) is 1. The smallest absolute Gasteiger partial charge is 0.251 e. The second kappa shape index (κ2) is 11.4. The van der Waals surface area contributed by atoms with Gasteiger partial charge in [0.25, 0.3) is 5.91 Å². The Morgan fingerprint density at radius 1 is 1.06 bits per heavy atom. The summed E-state index contributed by atoms with van der Waals surface area (Å²) in [7, 11) is 0. The van der Waals surface area contributed by atoms with Gasteiger partial charge in [-0.05, 0) is 73.7 Å². The zero-order chi connectivity index (χ0) is 24.8. The van der Waals surface area contributed by atoms with Gasteiger partial charge in [0.1, 0.15) is 11.6 Å². The quantitative estimate of drug-likeness (QED) is 0.240. The molecule has 0 aliphatic carbocycles. The first kappa shape index (κ1) is 24.8. The number of carbonyl (C=O) groups excluding carboxylic acids is 1. The number of imidazole rings is 1. The maximum atomic E-state index is 12.8. The summed E-state index contributed by atoms with van der Waals surface area (Å²) in [5.41, 5.74) is 3.82. The third-order valence-electron chi connectivity index (χ3n) is 6.36. The van der Waals surface area contributed by atoms with Crippen molar-refractivity contribution in [2.75, 3.05) is 6.61 Å². The number of fused-ring (bicyclic) bond motifs is 1. The van der Waals surface area contributed by atoms with E-state index < -0.39 is 0 Å². The molecule has 1 heterocycles. The lowest BCUT2D eigenvalue weighted by Crippen LogP contribution is -2.28. The Bertz CT molecular complexity index is 1280. The van der Waals surface area contributed by atoms with Gasteiger partial charge in [0.15, 0.2) is 0 Å². The summed E-state index contributed by atoms with van der Waals surface area (Å²) in [4.78, 5) is 17.6. The largest absolute Gasteiger partial charge is 0.494 e. The second-order valence-corrected chi connectivity index (χ2v) is 9.33. The van der Waals surface area contributed by atoms with E-state index in [1.165, 1.54) is 5.56 Å². The highest BCUT2D eigenvalue weighted by molar-refractivity contribution is 6.30. The number of hydrogen-bond donors (Lipinski definition) is 1. The first-order chi connectivity index (χ1) is 17.0. The van der Waals surface area contributed by atoms with Crippen molar-refractivity contribution in [1.82, 2.24) is 14.9 Å². The van der Waals surface area contributed by atoms with Crippen LogP contribution in [0.15, 0.2) is 72.8 Å². The first-order valence-corrected chi connectivity index (χ1v) is 12.6. The van der Waals surface area contributed by atoms with Crippen molar-refractivity contribution in [1.29, 1.82) is 0 Å². The van der Waals surface area contributed by atoms with Gasteiger partial charge in [0.05, 0.1) is 23.7 Å². The van der Waals surface area contributed by atoms with Crippen molar-refractivity contribution in [3.05, 3.63) is 94.8 Å². The molecule has 0 aliphatic rings. The Labute approximate surface area is 212 Å². The van der Waals surface area contributed by atoms with Gasteiger partial charge in [-0.15, -0.1) is 0 Å². The predicted octanol–water partition coefficient (Wildman–Crippen LogP) is 7.16. The zero-order valence-electron chi connectivity index (χ0n) is 20.5. The molecular formula is C29H32ClN3O2. The van der Waals surface area contributed by atoms with Gasteiger partial charge in [-0.2, -0.15) is 0 Å². The zero-order valence-corrected chi connectivity index (χ0v) is 21.3. The van der Waals surface area contributed by atoms with E-state index in [4.69, 9.17) is 21.3 Å². The molecule has 2 unspecified atom stereocenters. The molecule has 35 heavy (non-hydrogen) atoms. The molecule has 2 atom stereocenters. The molecule has 0 bridgehead atoms. The maximum Gasteiger partial charge on any atom is 0.251 e. The molecule has 4 rings (SSSR count). The highest BCUT2D eigenvalue weighted by Gasteiger charge is 2.19. The molecule has 0 radical (unpaired) electrons. The molecule has 0 spiro atoms. The van der Waals surface area contributed by atoms with Gasteiger partial charge < -0.3 is 14.6 Å². The van der Waals surface area contributed by atoms with Gasteiger partial charge in [-0.1, -0.05) is 55.8 Å². The van der Waals surface area contributed by atoms with E-state index in [0.29, 0.717) is 23.1 Å². The average molecular weight is 490 g/mol. The van der Waals surface area contributed by atoms with Gasteiger partial charge in [0.2, 0.25) is 0 Å². The SMILES string of the molecule is CCC(C)c1ccc(OCCCn2c(C(C)NC(=O)c3cccc(Cl)c3)nc3ccccc32)cc1. The first-order valence-electron chi connectivity index (χ1n) is 12.2. The number of nitrogens with zero attached hydrogens (tertiary/aromatic N) is 2. The van der Waals surface area contributed by atoms with Crippen LogP contribution in [0.1, 0.15) is 67.3 Å². The number of amides is 1. The van der Waals surface area contributed by atoms with Crippen LogP contribution in [-0.2, 0) is 6.54 Å². The number of aryl methyl sites for hydroxylation is 1. The molecule has 1 aromatic heterocycles. The van der Waals surface area contributed by atoms with Crippen molar-refractivity contribution < 1.29 is 9.53 Å². The highest BCUT2D eigenvalue weighted by atomic mass is 35.5. The molecule has 0 fully saturated rings. The minimum atomic E-state index is -0.275. The van der Waals surface area contributed by atoms with E-state index in [1.54, 1.807) is 24.3 Å². The lowest BCUT2D eigenvalue weighted by Gasteiger charge is -2.17.